The van der Waals surface area contributed by atoms with Crippen LogP contribution in [0.15, 0.2) is 35.2 Å². The minimum Gasteiger partial charge on any atom is -0.268 e. The van der Waals surface area contributed by atoms with Gasteiger partial charge in [0.15, 0.2) is 0 Å². The third kappa shape index (κ3) is 2.82. The molecule has 0 bridgehead atoms. The van der Waals surface area contributed by atoms with E-state index in [1.807, 2.05) is 37.3 Å². The second kappa shape index (κ2) is 5.87. The molecule has 0 saturated carbocycles. The van der Waals surface area contributed by atoms with Crippen molar-refractivity contribution >= 4 is 29.0 Å². The number of carbonyl (C=O) groups excluding carboxylic acids is 2. The van der Waals surface area contributed by atoms with Crippen LogP contribution in [0.2, 0.25) is 0 Å². The van der Waals surface area contributed by atoms with Gasteiger partial charge >= 0.3 is 0 Å². The predicted octanol–water partition coefficient (Wildman–Crippen LogP) is 3.52. The second-order valence-corrected chi connectivity index (χ2v) is 5.09. The van der Waals surface area contributed by atoms with Gasteiger partial charge in [0.2, 0.25) is 0 Å². The molecule has 1 aromatic carbocycles. The Labute approximate surface area is 111 Å². The molecule has 2 rings (SSSR count). The van der Waals surface area contributed by atoms with Crippen molar-refractivity contribution in [2.24, 2.45) is 0 Å². The van der Waals surface area contributed by atoms with Crippen LogP contribution in [-0.2, 0) is 4.79 Å². The van der Waals surface area contributed by atoms with Gasteiger partial charge in [0.1, 0.15) is 0 Å². The maximum absolute atomic E-state index is 12.0. The monoisotopic (exact) mass is 261 g/mol. The van der Waals surface area contributed by atoms with E-state index < -0.39 is 0 Å². The smallest absolute Gasteiger partial charge is 0.268 e. The van der Waals surface area contributed by atoms with E-state index in [4.69, 9.17) is 0 Å². The van der Waals surface area contributed by atoms with E-state index in [0.29, 0.717) is 11.4 Å². The molecule has 2 amide bonds. The Hall–Kier alpha value is -1.55. The Morgan fingerprint density at radius 1 is 1.22 bits per heavy atom. The van der Waals surface area contributed by atoms with Crippen molar-refractivity contribution in [3.63, 3.8) is 0 Å². The average Bonchev–Trinajstić information content (AvgIpc) is 2.64. The summed E-state index contributed by atoms with van der Waals surface area (Å²) in [5, 5.41) is -0.157. The van der Waals surface area contributed by atoms with Gasteiger partial charge in [-0.3, -0.25) is 14.5 Å². The van der Waals surface area contributed by atoms with Crippen molar-refractivity contribution in [1.82, 2.24) is 4.90 Å². The molecule has 94 valence electrons. The SMILES string of the molecule is CCCCN1C(=O)S/C(=C\c2ccccc2)C1=O. The Morgan fingerprint density at radius 2 is 1.94 bits per heavy atom. The summed E-state index contributed by atoms with van der Waals surface area (Å²) in [6, 6.07) is 9.57. The van der Waals surface area contributed by atoms with Crippen molar-refractivity contribution in [2.75, 3.05) is 6.54 Å². The first kappa shape index (κ1) is 12.9. The third-order valence-corrected chi connectivity index (χ3v) is 3.61. The van der Waals surface area contributed by atoms with Gasteiger partial charge in [-0.15, -0.1) is 0 Å². The summed E-state index contributed by atoms with van der Waals surface area (Å²) in [6.07, 6.45) is 3.60. The van der Waals surface area contributed by atoms with Gasteiger partial charge in [0, 0.05) is 6.54 Å². The molecule has 1 aliphatic heterocycles. The van der Waals surface area contributed by atoms with Crippen molar-refractivity contribution in [3.8, 4) is 0 Å². The summed E-state index contributed by atoms with van der Waals surface area (Å²) in [5.74, 6) is -0.165. The molecule has 0 aliphatic carbocycles. The van der Waals surface area contributed by atoms with Gasteiger partial charge in [-0.2, -0.15) is 0 Å². The molecule has 18 heavy (non-hydrogen) atoms. The van der Waals surface area contributed by atoms with Crippen LogP contribution >= 0.6 is 11.8 Å². The first-order chi connectivity index (χ1) is 8.72. The van der Waals surface area contributed by atoms with Crippen LogP contribution < -0.4 is 0 Å². The van der Waals surface area contributed by atoms with Crippen LogP contribution in [0.3, 0.4) is 0 Å². The molecular weight excluding hydrogens is 246 g/mol. The van der Waals surface area contributed by atoms with Gasteiger partial charge < -0.3 is 0 Å². The molecule has 4 heteroatoms. The summed E-state index contributed by atoms with van der Waals surface area (Å²) in [5.41, 5.74) is 0.943. The number of rotatable bonds is 4. The second-order valence-electron chi connectivity index (χ2n) is 4.10. The highest BCUT2D eigenvalue weighted by Crippen LogP contribution is 2.32. The number of hydrogen-bond acceptors (Lipinski definition) is 3. The molecule has 3 nitrogen and oxygen atoms in total. The van der Waals surface area contributed by atoms with Crippen molar-refractivity contribution in [1.29, 1.82) is 0 Å². The van der Waals surface area contributed by atoms with E-state index in [1.165, 1.54) is 4.90 Å². The summed E-state index contributed by atoms with van der Waals surface area (Å²) in [7, 11) is 0. The number of thioether (sulfide) groups is 1. The summed E-state index contributed by atoms with van der Waals surface area (Å²) in [4.78, 5) is 25.6. The van der Waals surface area contributed by atoms with E-state index in [-0.39, 0.29) is 11.1 Å². The number of unbranched alkanes of at least 4 members (excludes halogenated alkanes) is 1. The van der Waals surface area contributed by atoms with Crippen LogP contribution in [0.25, 0.3) is 6.08 Å². The fourth-order valence-electron chi connectivity index (χ4n) is 1.71. The Bertz CT molecular complexity index is 482. The molecule has 0 unspecified atom stereocenters. The minimum absolute atomic E-state index is 0.157. The number of carbonyl (C=O) groups is 2. The van der Waals surface area contributed by atoms with E-state index in [0.717, 1.165) is 30.2 Å². The zero-order chi connectivity index (χ0) is 13.0. The summed E-state index contributed by atoms with van der Waals surface area (Å²) >= 11 is 1.03. The van der Waals surface area contributed by atoms with Crippen molar-refractivity contribution in [2.45, 2.75) is 19.8 Å². The molecule has 1 aliphatic rings. The van der Waals surface area contributed by atoms with Crippen LogP contribution in [0.5, 0.6) is 0 Å². The maximum Gasteiger partial charge on any atom is 0.293 e. The number of nitrogens with zero attached hydrogens (tertiary/aromatic N) is 1. The molecule has 0 radical (unpaired) electrons. The topological polar surface area (TPSA) is 37.4 Å². The van der Waals surface area contributed by atoms with Crippen LogP contribution in [-0.4, -0.2) is 22.6 Å². The summed E-state index contributed by atoms with van der Waals surface area (Å²) < 4.78 is 0. The molecule has 1 fully saturated rings. The minimum atomic E-state index is -0.165. The normalized spacial score (nSPS) is 17.8. The zero-order valence-corrected chi connectivity index (χ0v) is 11.1. The van der Waals surface area contributed by atoms with Gasteiger partial charge in [0.25, 0.3) is 11.1 Å². The molecule has 1 saturated heterocycles. The molecule has 0 atom stereocenters. The average molecular weight is 261 g/mol. The third-order valence-electron chi connectivity index (χ3n) is 2.71. The van der Waals surface area contributed by atoms with Crippen LogP contribution in [0.1, 0.15) is 25.3 Å². The van der Waals surface area contributed by atoms with Crippen molar-refractivity contribution < 1.29 is 9.59 Å². The molecule has 0 N–H and O–H groups in total. The number of imide groups is 1. The van der Waals surface area contributed by atoms with E-state index in [2.05, 4.69) is 0 Å². The zero-order valence-electron chi connectivity index (χ0n) is 10.3. The van der Waals surface area contributed by atoms with Gasteiger partial charge in [0.05, 0.1) is 4.91 Å². The van der Waals surface area contributed by atoms with Gasteiger partial charge in [-0.25, -0.2) is 0 Å². The highest BCUT2D eigenvalue weighted by Gasteiger charge is 2.34. The van der Waals surface area contributed by atoms with E-state index in [1.54, 1.807) is 6.08 Å². The van der Waals surface area contributed by atoms with Crippen LogP contribution in [0.4, 0.5) is 4.79 Å². The lowest BCUT2D eigenvalue weighted by atomic mass is 10.2. The molecular formula is C14H15NO2S. The standard InChI is InChI=1S/C14H15NO2S/c1-2-3-9-15-13(16)12(18-14(15)17)10-11-7-5-4-6-8-11/h4-8,10H,2-3,9H2,1H3/b12-10-. The number of amides is 2. The Balaban J connectivity index is 2.15. The lowest BCUT2D eigenvalue weighted by Crippen LogP contribution is -2.29. The highest BCUT2D eigenvalue weighted by atomic mass is 32.2. The fraction of sp³-hybridized carbons (Fsp3) is 0.286. The first-order valence-corrected chi connectivity index (χ1v) is 6.84. The predicted molar refractivity (Wildman–Crippen MR) is 74.0 cm³/mol. The van der Waals surface area contributed by atoms with E-state index in [9.17, 15) is 9.59 Å². The Kier molecular flexibility index (Phi) is 4.20. The van der Waals surface area contributed by atoms with Crippen molar-refractivity contribution in [3.05, 3.63) is 40.8 Å². The number of benzene rings is 1. The van der Waals surface area contributed by atoms with E-state index >= 15 is 0 Å². The highest BCUT2D eigenvalue weighted by molar-refractivity contribution is 8.18. The van der Waals surface area contributed by atoms with Gasteiger partial charge in [-0.1, -0.05) is 43.7 Å². The lowest BCUT2D eigenvalue weighted by Gasteiger charge is -2.10. The molecule has 1 heterocycles. The molecule has 0 aromatic heterocycles. The van der Waals surface area contributed by atoms with Crippen LogP contribution in [0, 0.1) is 0 Å². The quantitative estimate of drug-likeness (QED) is 0.778. The fourth-order valence-corrected chi connectivity index (χ4v) is 2.57. The first-order valence-electron chi connectivity index (χ1n) is 6.03. The largest absolute Gasteiger partial charge is 0.293 e. The maximum atomic E-state index is 12.0. The lowest BCUT2D eigenvalue weighted by molar-refractivity contribution is -0.122. The van der Waals surface area contributed by atoms with Gasteiger partial charge in [-0.05, 0) is 29.8 Å². The summed E-state index contributed by atoms with van der Waals surface area (Å²) in [6.45, 7) is 2.56. The molecule has 1 aromatic rings. The Morgan fingerprint density at radius 3 is 2.61 bits per heavy atom. The molecule has 0 spiro atoms. The number of hydrogen-bond donors (Lipinski definition) is 0.